The van der Waals surface area contributed by atoms with Crippen molar-refractivity contribution in [3.05, 3.63) is 53.9 Å². The number of carbonyl (C=O) groups is 2. The van der Waals surface area contributed by atoms with Crippen LogP contribution in [-0.4, -0.2) is 42.4 Å². The van der Waals surface area contributed by atoms with Gasteiger partial charge >= 0.3 is 0 Å². The topological polar surface area (TPSA) is 74.3 Å². The molecule has 1 aromatic heterocycles. The van der Waals surface area contributed by atoms with E-state index in [-0.39, 0.29) is 17.7 Å². The average molecular weight is 336 g/mol. The minimum Gasteiger partial charge on any atom is -0.368 e. The summed E-state index contributed by atoms with van der Waals surface area (Å²) in [5.74, 6) is 0.146. The summed E-state index contributed by atoms with van der Waals surface area (Å²) < 4.78 is 0. The van der Waals surface area contributed by atoms with Crippen molar-refractivity contribution in [3.8, 4) is 0 Å². The molecule has 1 amide bonds. The maximum atomic E-state index is 12.7. The van der Waals surface area contributed by atoms with Crippen molar-refractivity contribution in [1.82, 2.24) is 10.3 Å². The second-order valence-electron chi connectivity index (χ2n) is 6.45. The van der Waals surface area contributed by atoms with E-state index >= 15 is 0 Å². The molecule has 0 aliphatic carbocycles. The molecule has 2 aromatic rings. The van der Waals surface area contributed by atoms with Gasteiger partial charge in [0.25, 0.3) is 0 Å². The number of hydrogen-bond acceptors (Lipinski definition) is 5. The fourth-order valence-corrected chi connectivity index (χ4v) is 3.44. The highest BCUT2D eigenvalue weighted by Gasteiger charge is 2.27. The van der Waals surface area contributed by atoms with Gasteiger partial charge in [0, 0.05) is 55.4 Å². The van der Waals surface area contributed by atoms with Gasteiger partial charge < -0.3 is 15.5 Å². The Morgan fingerprint density at radius 2 is 2.16 bits per heavy atom. The zero-order chi connectivity index (χ0) is 17.2. The van der Waals surface area contributed by atoms with Crippen LogP contribution in [0.5, 0.6) is 0 Å². The summed E-state index contributed by atoms with van der Waals surface area (Å²) in [6.07, 6.45) is 4.58. The number of anilines is 2. The minimum atomic E-state index is -0.242. The number of aromatic nitrogens is 1. The summed E-state index contributed by atoms with van der Waals surface area (Å²) in [4.78, 5) is 30.4. The van der Waals surface area contributed by atoms with Crippen molar-refractivity contribution in [2.75, 3.05) is 29.9 Å². The Hall–Kier alpha value is -2.73. The van der Waals surface area contributed by atoms with Crippen LogP contribution in [0.3, 0.4) is 0 Å². The van der Waals surface area contributed by atoms with Crippen molar-refractivity contribution in [2.45, 2.75) is 18.9 Å². The van der Waals surface area contributed by atoms with Crippen LogP contribution in [0.2, 0.25) is 0 Å². The second-order valence-corrected chi connectivity index (χ2v) is 6.45. The number of pyridine rings is 1. The van der Waals surface area contributed by atoms with Gasteiger partial charge in [-0.15, -0.1) is 0 Å². The Morgan fingerprint density at radius 1 is 1.24 bits per heavy atom. The number of amides is 1. The van der Waals surface area contributed by atoms with Crippen molar-refractivity contribution < 1.29 is 9.59 Å². The minimum absolute atomic E-state index is 0.0722. The molecule has 6 heteroatoms. The van der Waals surface area contributed by atoms with E-state index in [2.05, 4.69) is 26.6 Å². The van der Waals surface area contributed by atoms with Gasteiger partial charge in [-0.3, -0.25) is 14.6 Å². The molecule has 6 nitrogen and oxygen atoms in total. The van der Waals surface area contributed by atoms with E-state index in [4.69, 9.17) is 0 Å². The summed E-state index contributed by atoms with van der Waals surface area (Å²) in [5.41, 5.74) is 3.79. The molecule has 0 radical (unpaired) electrons. The zero-order valence-electron chi connectivity index (χ0n) is 13.9. The Kier molecular flexibility index (Phi) is 4.19. The number of rotatable bonds is 3. The molecule has 1 atom stereocenters. The normalized spacial score (nSPS) is 19.9. The van der Waals surface area contributed by atoms with Gasteiger partial charge in [0.05, 0.1) is 6.04 Å². The molecule has 1 fully saturated rings. The maximum Gasteiger partial charge on any atom is 0.224 e. The Bertz CT molecular complexity index is 806. The first-order valence-electron chi connectivity index (χ1n) is 8.56. The fraction of sp³-hybridized carbons (Fsp3) is 0.316. The number of nitrogens with one attached hydrogen (secondary N) is 2. The lowest BCUT2D eigenvalue weighted by atomic mass is 10.0. The molecule has 2 aliphatic heterocycles. The van der Waals surface area contributed by atoms with Gasteiger partial charge in [-0.1, -0.05) is 0 Å². The zero-order valence-corrected chi connectivity index (χ0v) is 13.9. The first-order valence-corrected chi connectivity index (χ1v) is 8.56. The molecule has 1 aromatic carbocycles. The molecule has 0 bridgehead atoms. The molecule has 0 saturated carbocycles. The highest BCUT2D eigenvalue weighted by molar-refractivity contribution is 6.00. The summed E-state index contributed by atoms with van der Waals surface area (Å²) in [7, 11) is 0. The number of fused-ring (bicyclic) bond motifs is 1. The smallest absolute Gasteiger partial charge is 0.224 e. The summed E-state index contributed by atoms with van der Waals surface area (Å²) >= 11 is 0. The molecule has 25 heavy (non-hydrogen) atoms. The molecule has 0 spiro atoms. The van der Waals surface area contributed by atoms with E-state index in [1.807, 2.05) is 12.1 Å². The van der Waals surface area contributed by atoms with Crippen molar-refractivity contribution in [3.63, 3.8) is 0 Å². The lowest BCUT2D eigenvalue weighted by molar-refractivity contribution is -0.116. The Balaban J connectivity index is 1.52. The van der Waals surface area contributed by atoms with E-state index in [9.17, 15) is 9.59 Å². The van der Waals surface area contributed by atoms with E-state index in [1.54, 1.807) is 24.5 Å². The third kappa shape index (κ3) is 3.25. The van der Waals surface area contributed by atoms with Crippen molar-refractivity contribution in [1.29, 1.82) is 0 Å². The number of Topliss-reactive ketones (excluding diaryl/α,β-unsaturated/α-hetero) is 1. The summed E-state index contributed by atoms with van der Waals surface area (Å²) in [5, 5.41) is 6.22. The monoisotopic (exact) mass is 336 g/mol. The number of benzene rings is 1. The standard InChI is InChI=1S/C19H20N4O2/c24-18-6-3-13-10-15(4-5-16(13)22-18)23-9-8-21-17(12-23)19(25)14-2-1-7-20-11-14/h1-2,4-5,7,10-11,17,21H,3,6,8-9,12H2,(H,22,24). The lowest BCUT2D eigenvalue weighted by Gasteiger charge is -2.35. The van der Waals surface area contributed by atoms with Crippen LogP contribution < -0.4 is 15.5 Å². The average Bonchev–Trinajstić information content (AvgIpc) is 2.68. The highest BCUT2D eigenvalue weighted by Crippen LogP contribution is 2.28. The Morgan fingerprint density at radius 3 is 3.00 bits per heavy atom. The van der Waals surface area contributed by atoms with Gasteiger partial charge in [0.2, 0.25) is 5.91 Å². The number of ketones is 1. The predicted octanol–water partition coefficient (Wildman–Crippen LogP) is 1.63. The fourth-order valence-electron chi connectivity index (χ4n) is 3.44. The molecular formula is C19H20N4O2. The third-order valence-corrected chi connectivity index (χ3v) is 4.79. The van der Waals surface area contributed by atoms with Crippen molar-refractivity contribution in [2.24, 2.45) is 0 Å². The van der Waals surface area contributed by atoms with Gasteiger partial charge in [-0.05, 0) is 42.3 Å². The van der Waals surface area contributed by atoms with Crippen LogP contribution in [0.25, 0.3) is 0 Å². The molecule has 1 unspecified atom stereocenters. The van der Waals surface area contributed by atoms with E-state index in [0.29, 0.717) is 18.5 Å². The number of carbonyl (C=O) groups excluding carboxylic acids is 2. The summed E-state index contributed by atoms with van der Waals surface area (Å²) in [6, 6.07) is 9.45. The largest absolute Gasteiger partial charge is 0.368 e. The number of aryl methyl sites for hydroxylation is 1. The van der Waals surface area contributed by atoms with Crippen LogP contribution >= 0.6 is 0 Å². The molecule has 3 heterocycles. The van der Waals surface area contributed by atoms with E-state index < -0.39 is 0 Å². The van der Waals surface area contributed by atoms with Crippen LogP contribution in [0, 0.1) is 0 Å². The van der Waals surface area contributed by atoms with Crippen LogP contribution in [-0.2, 0) is 11.2 Å². The predicted molar refractivity (Wildman–Crippen MR) is 96.0 cm³/mol. The van der Waals surface area contributed by atoms with Crippen LogP contribution in [0.15, 0.2) is 42.7 Å². The van der Waals surface area contributed by atoms with Crippen LogP contribution in [0.1, 0.15) is 22.3 Å². The van der Waals surface area contributed by atoms with E-state index in [0.717, 1.165) is 36.4 Å². The first kappa shape index (κ1) is 15.8. The SMILES string of the molecule is O=C1CCc2cc(N3CCNC(C(=O)c4cccnc4)C3)ccc2N1. The first-order chi connectivity index (χ1) is 12.2. The number of nitrogens with zero attached hydrogens (tertiary/aromatic N) is 2. The highest BCUT2D eigenvalue weighted by atomic mass is 16.1. The summed E-state index contributed by atoms with van der Waals surface area (Å²) in [6.45, 7) is 2.23. The Labute approximate surface area is 146 Å². The van der Waals surface area contributed by atoms with Crippen molar-refractivity contribution >= 4 is 23.1 Å². The van der Waals surface area contributed by atoms with Gasteiger partial charge in [0.1, 0.15) is 0 Å². The maximum absolute atomic E-state index is 12.7. The second kappa shape index (κ2) is 6.64. The molecular weight excluding hydrogens is 316 g/mol. The van der Waals surface area contributed by atoms with Crippen LogP contribution in [0.4, 0.5) is 11.4 Å². The quantitative estimate of drug-likeness (QED) is 0.834. The molecule has 2 aliphatic rings. The van der Waals surface area contributed by atoms with E-state index in [1.165, 1.54) is 0 Å². The molecule has 4 rings (SSSR count). The molecule has 2 N–H and O–H groups in total. The van der Waals surface area contributed by atoms with Gasteiger partial charge in [-0.25, -0.2) is 0 Å². The third-order valence-electron chi connectivity index (χ3n) is 4.79. The van der Waals surface area contributed by atoms with Gasteiger partial charge in [-0.2, -0.15) is 0 Å². The number of piperazine rings is 1. The molecule has 1 saturated heterocycles. The van der Waals surface area contributed by atoms with Gasteiger partial charge in [0.15, 0.2) is 5.78 Å². The molecule has 128 valence electrons. The lowest BCUT2D eigenvalue weighted by Crippen LogP contribution is -2.54. The number of hydrogen-bond donors (Lipinski definition) is 2.